The fraction of sp³-hybridized carbons (Fsp3) is 0.0769. The van der Waals surface area contributed by atoms with Crippen molar-refractivity contribution in [3.05, 3.63) is 90.5 Å². The molecule has 0 atom stereocenters. The van der Waals surface area contributed by atoms with E-state index in [1.165, 1.54) is 53.2 Å². The standard InChI is InChI=1S/C26H19NS/c1-2-17-15-18(16-22-21-11-5-8-14-25(21)28-26(17)22)27-23-12-6-3-9-19(23)20-10-4-7-13-24(20)27/h3-16H,2H2,1H3. The highest BCUT2D eigenvalue weighted by Gasteiger charge is 2.15. The molecular weight excluding hydrogens is 358 g/mol. The van der Waals surface area contributed by atoms with E-state index in [1.807, 2.05) is 11.3 Å². The first-order valence-electron chi connectivity index (χ1n) is 9.78. The van der Waals surface area contributed by atoms with E-state index in [4.69, 9.17) is 0 Å². The Bertz CT molecular complexity index is 1450. The normalized spacial score (nSPS) is 11.9. The summed E-state index contributed by atoms with van der Waals surface area (Å²) < 4.78 is 5.22. The maximum atomic E-state index is 2.43. The van der Waals surface area contributed by atoms with Gasteiger partial charge in [-0.3, -0.25) is 0 Å². The summed E-state index contributed by atoms with van der Waals surface area (Å²) in [4.78, 5) is 0. The molecule has 28 heavy (non-hydrogen) atoms. The molecule has 0 amide bonds. The molecule has 1 nitrogen and oxygen atoms in total. The van der Waals surface area contributed by atoms with Gasteiger partial charge in [-0.2, -0.15) is 0 Å². The van der Waals surface area contributed by atoms with Gasteiger partial charge in [0.2, 0.25) is 0 Å². The average Bonchev–Trinajstić information content (AvgIpc) is 3.29. The topological polar surface area (TPSA) is 4.93 Å². The lowest BCUT2D eigenvalue weighted by Gasteiger charge is -2.11. The predicted molar refractivity (Wildman–Crippen MR) is 123 cm³/mol. The van der Waals surface area contributed by atoms with E-state index in [9.17, 15) is 0 Å². The highest BCUT2D eigenvalue weighted by atomic mass is 32.1. The molecule has 2 heteroatoms. The van der Waals surface area contributed by atoms with Crippen molar-refractivity contribution in [2.45, 2.75) is 13.3 Å². The van der Waals surface area contributed by atoms with Gasteiger partial charge in [0.1, 0.15) is 0 Å². The third-order valence-corrected chi connectivity index (χ3v) is 7.02. The molecule has 2 aromatic heterocycles. The van der Waals surface area contributed by atoms with E-state index < -0.39 is 0 Å². The number of rotatable bonds is 2. The number of hydrogen-bond donors (Lipinski definition) is 0. The molecule has 6 rings (SSSR count). The van der Waals surface area contributed by atoms with Crippen LogP contribution in [0.2, 0.25) is 0 Å². The van der Waals surface area contributed by atoms with Gasteiger partial charge in [-0.15, -0.1) is 11.3 Å². The number of benzene rings is 4. The van der Waals surface area contributed by atoms with E-state index >= 15 is 0 Å². The van der Waals surface area contributed by atoms with E-state index in [0.29, 0.717) is 0 Å². The van der Waals surface area contributed by atoms with Gasteiger partial charge in [-0.1, -0.05) is 61.5 Å². The lowest BCUT2D eigenvalue weighted by molar-refractivity contribution is 1.13. The van der Waals surface area contributed by atoms with Gasteiger partial charge < -0.3 is 4.57 Å². The lowest BCUT2D eigenvalue weighted by atomic mass is 10.1. The Balaban J connectivity index is 1.79. The Morgan fingerprint density at radius 3 is 1.96 bits per heavy atom. The van der Waals surface area contributed by atoms with Crippen LogP contribution < -0.4 is 0 Å². The minimum atomic E-state index is 1.04. The number of fused-ring (bicyclic) bond motifs is 6. The summed E-state index contributed by atoms with van der Waals surface area (Å²) in [5.41, 5.74) is 5.22. The summed E-state index contributed by atoms with van der Waals surface area (Å²) in [7, 11) is 0. The molecule has 134 valence electrons. The SMILES string of the molecule is CCc1cc(-n2c3ccccc3c3ccccc32)cc2c1sc1ccccc12. The summed E-state index contributed by atoms with van der Waals surface area (Å²) in [6, 6.07) is 31.0. The highest BCUT2D eigenvalue weighted by molar-refractivity contribution is 7.26. The molecule has 0 aliphatic carbocycles. The molecule has 2 heterocycles. The molecule has 4 aromatic carbocycles. The molecule has 0 aliphatic heterocycles. The Morgan fingerprint density at radius 2 is 1.29 bits per heavy atom. The van der Waals surface area contributed by atoms with Crippen LogP contribution in [0.4, 0.5) is 0 Å². The number of nitrogens with zero attached hydrogens (tertiary/aromatic N) is 1. The quantitative estimate of drug-likeness (QED) is 0.291. The van der Waals surface area contributed by atoms with Gasteiger partial charge in [-0.05, 0) is 42.3 Å². The van der Waals surface area contributed by atoms with Crippen LogP contribution in [-0.2, 0) is 6.42 Å². The van der Waals surface area contributed by atoms with Crippen molar-refractivity contribution >= 4 is 53.3 Å². The van der Waals surface area contributed by atoms with Crippen molar-refractivity contribution in [1.29, 1.82) is 0 Å². The Labute approximate surface area is 167 Å². The van der Waals surface area contributed by atoms with Crippen LogP contribution in [0.15, 0.2) is 84.9 Å². The first kappa shape index (κ1) is 15.9. The van der Waals surface area contributed by atoms with Crippen molar-refractivity contribution in [3.8, 4) is 5.69 Å². The van der Waals surface area contributed by atoms with Crippen LogP contribution in [0.3, 0.4) is 0 Å². The van der Waals surface area contributed by atoms with E-state index in [-0.39, 0.29) is 0 Å². The number of para-hydroxylation sites is 2. The second-order valence-electron chi connectivity index (χ2n) is 7.30. The lowest BCUT2D eigenvalue weighted by Crippen LogP contribution is -1.95. The fourth-order valence-corrected chi connectivity index (χ4v) is 5.74. The van der Waals surface area contributed by atoms with E-state index in [0.717, 1.165) is 6.42 Å². The van der Waals surface area contributed by atoms with Gasteiger partial charge in [0.15, 0.2) is 0 Å². The Hall–Kier alpha value is -3.10. The third-order valence-electron chi connectivity index (χ3n) is 5.76. The van der Waals surface area contributed by atoms with Crippen molar-refractivity contribution in [1.82, 2.24) is 4.57 Å². The van der Waals surface area contributed by atoms with Crippen LogP contribution in [0.1, 0.15) is 12.5 Å². The number of aromatic nitrogens is 1. The van der Waals surface area contributed by atoms with Crippen LogP contribution in [0.5, 0.6) is 0 Å². The molecule has 0 aliphatic rings. The van der Waals surface area contributed by atoms with E-state index in [1.54, 1.807) is 0 Å². The molecule has 0 saturated heterocycles. The van der Waals surface area contributed by atoms with Crippen molar-refractivity contribution < 1.29 is 0 Å². The van der Waals surface area contributed by atoms with Gasteiger partial charge in [0.05, 0.1) is 11.0 Å². The van der Waals surface area contributed by atoms with Crippen LogP contribution >= 0.6 is 11.3 Å². The zero-order valence-corrected chi connectivity index (χ0v) is 16.5. The first-order chi connectivity index (χ1) is 13.8. The molecule has 0 saturated carbocycles. The summed E-state index contributed by atoms with van der Waals surface area (Å²) in [5, 5.41) is 5.36. The summed E-state index contributed by atoms with van der Waals surface area (Å²) >= 11 is 1.92. The van der Waals surface area contributed by atoms with E-state index in [2.05, 4.69) is 96.4 Å². The number of hydrogen-bond acceptors (Lipinski definition) is 1. The summed E-state index contributed by atoms with van der Waals surface area (Å²) in [6.07, 6.45) is 1.04. The molecule has 0 spiro atoms. The van der Waals surface area contributed by atoms with Crippen molar-refractivity contribution in [2.24, 2.45) is 0 Å². The molecule has 0 unspecified atom stereocenters. The number of aryl methyl sites for hydroxylation is 1. The van der Waals surface area contributed by atoms with Gasteiger partial charge >= 0.3 is 0 Å². The zero-order chi connectivity index (χ0) is 18.7. The minimum Gasteiger partial charge on any atom is -0.309 e. The van der Waals surface area contributed by atoms with Crippen LogP contribution in [-0.4, -0.2) is 4.57 Å². The zero-order valence-electron chi connectivity index (χ0n) is 15.6. The van der Waals surface area contributed by atoms with Crippen LogP contribution in [0.25, 0.3) is 47.7 Å². The van der Waals surface area contributed by atoms with Crippen LogP contribution in [0, 0.1) is 0 Å². The van der Waals surface area contributed by atoms with Gasteiger partial charge in [0, 0.05) is 36.6 Å². The molecule has 0 fully saturated rings. The molecule has 0 bridgehead atoms. The molecule has 0 N–H and O–H groups in total. The maximum Gasteiger partial charge on any atom is 0.0541 e. The summed E-state index contributed by atoms with van der Waals surface area (Å²) in [6.45, 7) is 2.26. The summed E-state index contributed by atoms with van der Waals surface area (Å²) in [5.74, 6) is 0. The third kappa shape index (κ3) is 2.12. The highest BCUT2D eigenvalue weighted by Crippen LogP contribution is 2.39. The van der Waals surface area contributed by atoms with Gasteiger partial charge in [-0.25, -0.2) is 0 Å². The fourth-order valence-electron chi connectivity index (χ4n) is 4.47. The van der Waals surface area contributed by atoms with Crippen molar-refractivity contribution in [2.75, 3.05) is 0 Å². The second-order valence-corrected chi connectivity index (χ2v) is 8.36. The Morgan fingerprint density at radius 1 is 0.679 bits per heavy atom. The first-order valence-corrected chi connectivity index (χ1v) is 10.6. The maximum absolute atomic E-state index is 2.43. The predicted octanol–water partition coefficient (Wildman–Crippen LogP) is 7.71. The average molecular weight is 378 g/mol. The minimum absolute atomic E-state index is 1.04. The molecule has 0 radical (unpaired) electrons. The molecule has 6 aromatic rings. The molecular formula is C26H19NS. The Kier molecular flexibility index (Phi) is 3.38. The largest absolute Gasteiger partial charge is 0.309 e. The smallest absolute Gasteiger partial charge is 0.0541 e. The number of thiophene rings is 1. The second kappa shape index (κ2) is 5.95. The monoisotopic (exact) mass is 377 g/mol. The van der Waals surface area contributed by atoms with Gasteiger partial charge in [0.25, 0.3) is 0 Å². The van der Waals surface area contributed by atoms with Crippen molar-refractivity contribution in [3.63, 3.8) is 0 Å².